The standard InChI is InChI=1S/C12H24N2O3/c1-9(8-17-3)13-12(16)14-6-4-11(5-7-14)10(2)15/h9-11,15H,4-8H2,1-3H3,(H,13,16). The molecule has 2 atom stereocenters. The number of aliphatic hydroxyl groups is 1. The Kier molecular flexibility index (Phi) is 5.71. The molecule has 1 saturated heterocycles. The van der Waals surface area contributed by atoms with Gasteiger partial charge in [-0.15, -0.1) is 0 Å². The van der Waals surface area contributed by atoms with Gasteiger partial charge in [-0.2, -0.15) is 0 Å². The minimum atomic E-state index is -0.271. The third kappa shape index (κ3) is 4.52. The van der Waals surface area contributed by atoms with Gasteiger partial charge in [0, 0.05) is 20.2 Å². The van der Waals surface area contributed by atoms with Crippen molar-refractivity contribution >= 4 is 6.03 Å². The Balaban J connectivity index is 2.30. The Morgan fingerprint density at radius 3 is 2.53 bits per heavy atom. The molecule has 2 unspecified atom stereocenters. The molecular formula is C12H24N2O3. The van der Waals surface area contributed by atoms with Crippen LogP contribution in [0.15, 0.2) is 0 Å². The number of urea groups is 1. The maximum Gasteiger partial charge on any atom is 0.317 e. The van der Waals surface area contributed by atoms with E-state index in [2.05, 4.69) is 5.32 Å². The number of carbonyl (C=O) groups is 1. The molecule has 0 spiro atoms. The molecule has 0 aromatic carbocycles. The van der Waals surface area contributed by atoms with Gasteiger partial charge in [-0.05, 0) is 32.6 Å². The molecule has 1 rings (SSSR count). The molecule has 2 amide bonds. The van der Waals surface area contributed by atoms with Crippen molar-refractivity contribution in [3.63, 3.8) is 0 Å². The van der Waals surface area contributed by atoms with E-state index < -0.39 is 0 Å². The van der Waals surface area contributed by atoms with Crippen molar-refractivity contribution in [2.24, 2.45) is 5.92 Å². The summed E-state index contributed by atoms with van der Waals surface area (Å²) >= 11 is 0. The predicted octanol–water partition coefficient (Wildman–Crippen LogP) is 0.824. The predicted molar refractivity (Wildman–Crippen MR) is 65.8 cm³/mol. The van der Waals surface area contributed by atoms with Crippen molar-refractivity contribution in [1.29, 1.82) is 0 Å². The second-order valence-electron chi connectivity index (χ2n) is 4.87. The number of methoxy groups -OCH3 is 1. The number of hydrogen-bond acceptors (Lipinski definition) is 3. The van der Waals surface area contributed by atoms with E-state index in [4.69, 9.17) is 4.74 Å². The fourth-order valence-electron chi connectivity index (χ4n) is 2.18. The molecule has 1 aliphatic rings. The van der Waals surface area contributed by atoms with Gasteiger partial charge in [0.1, 0.15) is 0 Å². The highest BCUT2D eigenvalue weighted by Crippen LogP contribution is 2.20. The average Bonchev–Trinajstić information content (AvgIpc) is 2.29. The SMILES string of the molecule is COCC(C)NC(=O)N1CCC(C(C)O)CC1. The van der Waals surface area contributed by atoms with E-state index in [0.29, 0.717) is 12.5 Å². The van der Waals surface area contributed by atoms with Crippen LogP contribution in [-0.2, 0) is 4.74 Å². The second-order valence-corrected chi connectivity index (χ2v) is 4.87. The van der Waals surface area contributed by atoms with Crippen LogP contribution < -0.4 is 5.32 Å². The molecular weight excluding hydrogens is 220 g/mol. The average molecular weight is 244 g/mol. The summed E-state index contributed by atoms with van der Waals surface area (Å²) in [7, 11) is 1.62. The Hall–Kier alpha value is -0.810. The van der Waals surface area contributed by atoms with Crippen LogP contribution in [0.3, 0.4) is 0 Å². The van der Waals surface area contributed by atoms with Crippen LogP contribution in [0.25, 0.3) is 0 Å². The first-order valence-electron chi connectivity index (χ1n) is 6.27. The summed E-state index contributed by atoms with van der Waals surface area (Å²) in [5, 5.41) is 12.4. The molecule has 0 radical (unpaired) electrons. The van der Waals surface area contributed by atoms with Crippen molar-refractivity contribution in [3.05, 3.63) is 0 Å². The van der Waals surface area contributed by atoms with E-state index in [1.54, 1.807) is 7.11 Å². The molecule has 0 bridgehead atoms. The van der Waals surface area contributed by atoms with Crippen LogP contribution in [0.1, 0.15) is 26.7 Å². The minimum absolute atomic E-state index is 0.0291. The van der Waals surface area contributed by atoms with Crippen LogP contribution in [0.2, 0.25) is 0 Å². The number of carbonyl (C=O) groups excluding carboxylic acids is 1. The van der Waals surface area contributed by atoms with E-state index in [1.807, 2.05) is 18.7 Å². The first kappa shape index (κ1) is 14.3. The summed E-state index contributed by atoms with van der Waals surface area (Å²) in [6.45, 7) is 5.71. The fourth-order valence-corrected chi connectivity index (χ4v) is 2.18. The third-order valence-corrected chi connectivity index (χ3v) is 3.30. The number of rotatable bonds is 4. The third-order valence-electron chi connectivity index (χ3n) is 3.30. The monoisotopic (exact) mass is 244 g/mol. The number of likely N-dealkylation sites (tertiary alicyclic amines) is 1. The highest BCUT2D eigenvalue weighted by Gasteiger charge is 2.25. The Bertz CT molecular complexity index is 238. The van der Waals surface area contributed by atoms with E-state index >= 15 is 0 Å². The molecule has 5 nitrogen and oxygen atoms in total. The van der Waals surface area contributed by atoms with E-state index in [9.17, 15) is 9.90 Å². The highest BCUT2D eigenvalue weighted by molar-refractivity contribution is 5.74. The van der Waals surface area contributed by atoms with Crippen molar-refractivity contribution < 1.29 is 14.6 Å². The minimum Gasteiger partial charge on any atom is -0.393 e. The van der Waals surface area contributed by atoms with Gasteiger partial charge in [-0.1, -0.05) is 0 Å². The lowest BCUT2D eigenvalue weighted by molar-refractivity contribution is 0.0784. The van der Waals surface area contributed by atoms with Gasteiger partial charge in [-0.25, -0.2) is 4.79 Å². The number of amides is 2. The maximum atomic E-state index is 11.9. The van der Waals surface area contributed by atoms with Crippen molar-refractivity contribution in [2.75, 3.05) is 26.8 Å². The molecule has 0 aliphatic carbocycles. The first-order valence-corrected chi connectivity index (χ1v) is 6.27. The largest absolute Gasteiger partial charge is 0.393 e. The molecule has 5 heteroatoms. The smallest absolute Gasteiger partial charge is 0.317 e. The molecule has 100 valence electrons. The van der Waals surface area contributed by atoms with E-state index in [-0.39, 0.29) is 18.2 Å². The molecule has 0 saturated carbocycles. The van der Waals surface area contributed by atoms with Gasteiger partial charge < -0.3 is 20.1 Å². The summed E-state index contributed by atoms with van der Waals surface area (Å²) in [6, 6.07) is 0.000539. The number of nitrogens with one attached hydrogen (secondary N) is 1. The van der Waals surface area contributed by atoms with Crippen molar-refractivity contribution in [1.82, 2.24) is 10.2 Å². The number of aliphatic hydroxyl groups excluding tert-OH is 1. The maximum absolute atomic E-state index is 11.9. The summed E-state index contributed by atoms with van der Waals surface area (Å²) in [4.78, 5) is 13.7. The molecule has 1 heterocycles. The van der Waals surface area contributed by atoms with Crippen LogP contribution >= 0.6 is 0 Å². The zero-order valence-corrected chi connectivity index (χ0v) is 11.0. The van der Waals surface area contributed by atoms with Gasteiger partial charge in [0.15, 0.2) is 0 Å². The van der Waals surface area contributed by atoms with Gasteiger partial charge in [0.2, 0.25) is 0 Å². The normalized spacial score (nSPS) is 21.1. The lowest BCUT2D eigenvalue weighted by Crippen LogP contribution is -2.49. The van der Waals surface area contributed by atoms with E-state index in [0.717, 1.165) is 25.9 Å². The first-order chi connectivity index (χ1) is 8.04. The molecule has 1 fully saturated rings. The number of hydrogen-bond donors (Lipinski definition) is 2. The molecule has 17 heavy (non-hydrogen) atoms. The van der Waals surface area contributed by atoms with Crippen molar-refractivity contribution in [2.45, 2.75) is 38.8 Å². The summed E-state index contributed by atoms with van der Waals surface area (Å²) in [6.07, 6.45) is 1.49. The quantitative estimate of drug-likeness (QED) is 0.770. The zero-order valence-electron chi connectivity index (χ0n) is 11.0. The fraction of sp³-hybridized carbons (Fsp3) is 0.917. The molecule has 0 aromatic rings. The van der Waals surface area contributed by atoms with Crippen LogP contribution in [0.5, 0.6) is 0 Å². The second kappa shape index (κ2) is 6.81. The molecule has 0 aromatic heterocycles. The Morgan fingerprint density at radius 1 is 1.47 bits per heavy atom. The van der Waals surface area contributed by atoms with Crippen LogP contribution in [-0.4, -0.2) is 55.0 Å². The van der Waals surface area contributed by atoms with E-state index in [1.165, 1.54) is 0 Å². The number of nitrogens with zero attached hydrogens (tertiary/aromatic N) is 1. The summed E-state index contributed by atoms with van der Waals surface area (Å²) in [5.74, 6) is 0.329. The Morgan fingerprint density at radius 2 is 2.06 bits per heavy atom. The van der Waals surface area contributed by atoms with Crippen molar-refractivity contribution in [3.8, 4) is 0 Å². The van der Waals surface area contributed by atoms with Gasteiger partial charge in [-0.3, -0.25) is 0 Å². The summed E-state index contributed by atoms with van der Waals surface area (Å²) in [5.41, 5.74) is 0. The zero-order chi connectivity index (χ0) is 12.8. The Labute approximate surface area is 103 Å². The van der Waals surface area contributed by atoms with Gasteiger partial charge >= 0.3 is 6.03 Å². The number of ether oxygens (including phenoxy) is 1. The van der Waals surface area contributed by atoms with Gasteiger partial charge in [0.25, 0.3) is 0 Å². The number of piperidine rings is 1. The van der Waals surface area contributed by atoms with Crippen LogP contribution in [0, 0.1) is 5.92 Å². The lowest BCUT2D eigenvalue weighted by Gasteiger charge is -2.33. The van der Waals surface area contributed by atoms with Crippen LogP contribution in [0.4, 0.5) is 4.79 Å². The van der Waals surface area contributed by atoms with Gasteiger partial charge in [0.05, 0.1) is 18.8 Å². The highest BCUT2D eigenvalue weighted by atomic mass is 16.5. The molecule has 1 aliphatic heterocycles. The topological polar surface area (TPSA) is 61.8 Å². The lowest BCUT2D eigenvalue weighted by atomic mass is 9.92. The summed E-state index contributed by atoms with van der Waals surface area (Å²) < 4.78 is 4.97. The molecule has 2 N–H and O–H groups in total.